The zero-order valence-electron chi connectivity index (χ0n) is 14.4. The zero-order chi connectivity index (χ0) is 17.2. The molecular weight excluding hydrogens is 306 g/mol. The van der Waals surface area contributed by atoms with E-state index in [1.807, 2.05) is 12.1 Å². The van der Waals surface area contributed by atoms with Crippen LogP contribution in [0.5, 0.6) is 0 Å². The number of fused-ring (bicyclic) bond motifs is 1. The van der Waals surface area contributed by atoms with Gasteiger partial charge in [-0.15, -0.1) is 0 Å². The highest BCUT2D eigenvalue weighted by molar-refractivity contribution is 5.79. The summed E-state index contributed by atoms with van der Waals surface area (Å²) in [6.45, 7) is 2.10. The number of rotatable bonds is 3. The lowest BCUT2D eigenvalue weighted by Crippen LogP contribution is -2.05. The quantitative estimate of drug-likeness (QED) is 0.395. The third kappa shape index (κ3) is 2.96. The topological polar surface area (TPSA) is 20.3 Å². The van der Waals surface area contributed by atoms with Gasteiger partial charge in [-0.25, -0.2) is 9.56 Å². The Hall–Kier alpha value is -3.20. The molecule has 0 aliphatic heterocycles. The molecule has 2 aromatic heterocycles. The minimum Gasteiger partial charge on any atom is -0.234 e. The van der Waals surface area contributed by atoms with E-state index in [0.29, 0.717) is 0 Å². The van der Waals surface area contributed by atoms with Crippen LogP contribution in [0.15, 0.2) is 79.0 Å². The molecule has 0 radical (unpaired) electrons. The lowest BCUT2D eigenvalue weighted by Gasteiger charge is -2.02. The molecule has 4 rings (SSSR count). The third-order valence-electron chi connectivity index (χ3n) is 4.26. The number of hydrogen-bond donors (Lipinski definition) is 0. The number of hydrogen-bond acceptors (Lipinski definition) is 1. The van der Waals surface area contributed by atoms with Gasteiger partial charge in [0, 0.05) is 17.2 Å². The van der Waals surface area contributed by atoms with Crippen LogP contribution >= 0.6 is 0 Å². The molecule has 0 aliphatic carbocycles. The third-order valence-corrected chi connectivity index (χ3v) is 4.26. The van der Waals surface area contributed by atoms with Gasteiger partial charge >= 0.3 is 5.82 Å². The van der Waals surface area contributed by atoms with Crippen LogP contribution in [0.4, 0.5) is 5.82 Å². The average Bonchev–Trinajstić information content (AvgIpc) is 3.02. The summed E-state index contributed by atoms with van der Waals surface area (Å²) in [6, 6.07) is 24.9. The van der Waals surface area contributed by atoms with E-state index in [1.54, 1.807) is 0 Å². The lowest BCUT2D eigenvalue weighted by molar-refractivity contribution is -0.403. The lowest BCUT2D eigenvalue weighted by atomic mass is 10.1. The van der Waals surface area contributed by atoms with Crippen LogP contribution in [0, 0.1) is 6.92 Å². The van der Waals surface area contributed by atoms with Crippen molar-refractivity contribution < 1.29 is 4.58 Å². The summed E-state index contributed by atoms with van der Waals surface area (Å²) in [5.41, 5.74) is 5.42. The van der Waals surface area contributed by atoms with Crippen LogP contribution in [-0.2, 0) is 0 Å². The van der Waals surface area contributed by atoms with E-state index in [1.165, 1.54) is 5.56 Å². The molecule has 3 nitrogen and oxygen atoms in total. The number of benzene rings is 2. The molecule has 0 unspecified atom stereocenters. The van der Waals surface area contributed by atoms with Crippen molar-refractivity contribution in [2.24, 2.45) is 0 Å². The van der Waals surface area contributed by atoms with E-state index < -0.39 is 0 Å². The maximum absolute atomic E-state index is 4.89. The molecule has 0 fully saturated rings. The summed E-state index contributed by atoms with van der Waals surface area (Å²) in [5.74, 6) is 1.06. The normalized spacial score (nSPS) is 11.8. The first kappa shape index (κ1) is 15.3. The first-order valence-corrected chi connectivity index (χ1v) is 8.39. The van der Waals surface area contributed by atoms with Crippen LogP contribution in [0.3, 0.4) is 0 Å². The van der Waals surface area contributed by atoms with Crippen molar-refractivity contribution in [2.75, 3.05) is 7.05 Å². The molecule has 0 bridgehead atoms. The van der Waals surface area contributed by atoms with Crippen LogP contribution in [0.2, 0.25) is 0 Å². The van der Waals surface area contributed by atoms with Gasteiger partial charge in [0.25, 0.3) is 0 Å². The van der Waals surface area contributed by atoms with Crippen molar-refractivity contribution in [2.45, 2.75) is 6.92 Å². The molecule has 0 N–H and O–H groups in total. The van der Waals surface area contributed by atoms with Gasteiger partial charge in [0.2, 0.25) is 5.65 Å². The predicted octanol–water partition coefficient (Wildman–Crippen LogP) is 4.70. The first-order valence-electron chi connectivity index (χ1n) is 8.39. The summed E-state index contributed by atoms with van der Waals surface area (Å²) in [4.78, 5) is 4.89. The van der Waals surface area contributed by atoms with Crippen LogP contribution in [0.25, 0.3) is 16.9 Å². The van der Waals surface area contributed by atoms with Crippen molar-refractivity contribution in [1.82, 2.24) is 9.38 Å². The van der Waals surface area contributed by atoms with E-state index >= 15 is 0 Å². The van der Waals surface area contributed by atoms with Gasteiger partial charge in [-0.1, -0.05) is 60.7 Å². The van der Waals surface area contributed by atoms with Gasteiger partial charge in [0.05, 0.1) is 13.3 Å². The highest BCUT2D eigenvalue weighted by Crippen LogP contribution is 2.30. The number of imidazole rings is 1. The number of aromatic nitrogens is 2. The van der Waals surface area contributed by atoms with Gasteiger partial charge < -0.3 is 0 Å². The van der Waals surface area contributed by atoms with E-state index in [-0.39, 0.29) is 0 Å². The van der Waals surface area contributed by atoms with E-state index in [9.17, 15) is 0 Å². The second-order valence-corrected chi connectivity index (χ2v) is 6.24. The Labute approximate surface area is 147 Å². The molecule has 0 spiro atoms. The highest BCUT2D eigenvalue weighted by Gasteiger charge is 2.22. The molecule has 0 saturated carbocycles. The van der Waals surface area contributed by atoms with Gasteiger partial charge in [0.15, 0.2) is 5.69 Å². The maximum Gasteiger partial charge on any atom is 0.314 e. The Morgan fingerprint density at radius 3 is 2.28 bits per heavy atom. The van der Waals surface area contributed by atoms with Crippen molar-refractivity contribution in [3.05, 3.63) is 90.1 Å². The van der Waals surface area contributed by atoms with Gasteiger partial charge in [-0.2, -0.15) is 4.40 Å². The van der Waals surface area contributed by atoms with Gasteiger partial charge in [-0.3, -0.25) is 0 Å². The standard InChI is InChI=1S/C22H20N3/c1-17-13-14-20-23-21(19-11-7-4-8-12-19)22(25(20)15-17)24(2)16-18-9-5-3-6-10-18/h3-16H,1-2H3/q+1/b24-16+. The Morgan fingerprint density at radius 2 is 1.56 bits per heavy atom. The SMILES string of the molecule is Cc1ccc2nc(-c3ccccc3)c(/[N+](C)=C/c3ccccc3)n2c1. The zero-order valence-corrected chi connectivity index (χ0v) is 14.4. The Bertz CT molecular complexity index is 1040. The molecule has 0 amide bonds. The van der Waals surface area contributed by atoms with Crippen LogP contribution in [0.1, 0.15) is 11.1 Å². The van der Waals surface area contributed by atoms with Crippen molar-refractivity contribution in [3.8, 4) is 11.3 Å². The summed E-state index contributed by atoms with van der Waals surface area (Å²) in [5, 5.41) is 0. The smallest absolute Gasteiger partial charge is 0.234 e. The monoisotopic (exact) mass is 326 g/mol. The minimum absolute atomic E-state index is 0.952. The molecule has 0 saturated heterocycles. The van der Waals surface area contributed by atoms with Gasteiger partial charge in [0.1, 0.15) is 6.20 Å². The molecule has 25 heavy (non-hydrogen) atoms. The highest BCUT2D eigenvalue weighted by atomic mass is 15.2. The van der Waals surface area contributed by atoms with Crippen molar-refractivity contribution >= 4 is 17.7 Å². The summed E-state index contributed by atoms with van der Waals surface area (Å²) in [7, 11) is 2.07. The fourth-order valence-electron chi connectivity index (χ4n) is 3.09. The second kappa shape index (κ2) is 6.36. The molecule has 2 heterocycles. The molecule has 122 valence electrons. The summed E-state index contributed by atoms with van der Waals surface area (Å²) in [6.07, 6.45) is 4.28. The largest absolute Gasteiger partial charge is 0.314 e. The second-order valence-electron chi connectivity index (χ2n) is 6.24. The minimum atomic E-state index is 0.952. The molecule has 3 heteroatoms. The van der Waals surface area contributed by atoms with Crippen LogP contribution < -0.4 is 0 Å². The number of pyridine rings is 1. The van der Waals surface area contributed by atoms with E-state index in [0.717, 1.165) is 28.3 Å². The number of aryl methyl sites for hydroxylation is 1. The summed E-state index contributed by atoms with van der Waals surface area (Å²) >= 11 is 0. The van der Waals surface area contributed by atoms with Crippen LogP contribution in [-0.4, -0.2) is 27.2 Å². The van der Waals surface area contributed by atoms with Crippen molar-refractivity contribution in [1.29, 1.82) is 0 Å². The van der Waals surface area contributed by atoms with Crippen molar-refractivity contribution in [3.63, 3.8) is 0 Å². The number of nitrogens with zero attached hydrogens (tertiary/aromatic N) is 3. The molecule has 2 aromatic carbocycles. The van der Waals surface area contributed by atoms with E-state index in [4.69, 9.17) is 4.98 Å². The van der Waals surface area contributed by atoms with Gasteiger partial charge in [-0.05, 0) is 18.6 Å². The molecule has 4 aromatic rings. The fourth-order valence-corrected chi connectivity index (χ4v) is 3.09. The fraction of sp³-hybridized carbons (Fsp3) is 0.0909. The molecular formula is C22H20N3+. The van der Waals surface area contributed by atoms with E-state index in [2.05, 4.69) is 96.0 Å². The average molecular weight is 326 g/mol. The molecule has 0 aliphatic rings. The first-order chi connectivity index (χ1) is 12.2. The molecule has 0 atom stereocenters. The Balaban J connectivity index is 1.97. The summed E-state index contributed by atoms with van der Waals surface area (Å²) < 4.78 is 4.31. The maximum atomic E-state index is 4.89. The predicted molar refractivity (Wildman–Crippen MR) is 103 cm³/mol. The Kier molecular flexibility index (Phi) is 3.90. The Morgan fingerprint density at radius 1 is 0.880 bits per heavy atom.